The maximum Gasteiger partial charge on any atom is 0.333 e. The van der Waals surface area contributed by atoms with Gasteiger partial charge in [-0.25, -0.2) is 0 Å². The number of fused-ring (bicyclic) bond motifs is 17. The van der Waals surface area contributed by atoms with Crippen molar-refractivity contribution in [2.75, 3.05) is 14.6 Å². The second kappa shape index (κ2) is 18.4. The van der Waals surface area contributed by atoms with E-state index in [0.717, 1.165) is 22.7 Å². The van der Waals surface area contributed by atoms with Gasteiger partial charge in [0.1, 0.15) is 0 Å². The first-order valence-electron chi connectivity index (χ1n) is 30.2. The maximum absolute atomic E-state index is 2.71. The number of para-hydroxylation sites is 2. The molecule has 2 aliphatic carbocycles. The van der Waals surface area contributed by atoms with E-state index in [0.29, 0.717) is 0 Å². The number of rotatable bonds is 7. The molecule has 0 aromatic heterocycles. The van der Waals surface area contributed by atoms with E-state index >= 15 is 0 Å². The van der Waals surface area contributed by atoms with Gasteiger partial charge in [0.25, 0.3) is 0 Å². The molecule has 13 aromatic rings. The zero-order valence-corrected chi connectivity index (χ0v) is 47.8. The molecule has 3 aliphatic heterocycles. The molecule has 13 aromatic carbocycles. The Morgan fingerprint density at radius 2 is 0.791 bits per heavy atom. The van der Waals surface area contributed by atoms with Crippen molar-refractivity contribution in [3.05, 3.63) is 337 Å². The summed E-state index contributed by atoms with van der Waals surface area (Å²) < 4.78 is 0. The van der Waals surface area contributed by atoms with Gasteiger partial charge in [0.15, 0.2) is 0 Å². The lowest BCUT2D eigenvalue weighted by Crippen LogP contribution is -2.62. The summed E-state index contributed by atoms with van der Waals surface area (Å²) in [6, 6.07) is 114. The predicted octanol–water partition coefficient (Wildman–Crippen LogP) is 19.8. The summed E-state index contributed by atoms with van der Waals surface area (Å²) in [6.07, 6.45) is 0. The van der Waals surface area contributed by atoms with Crippen LogP contribution in [0.4, 0.5) is 45.5 Å². The van der Waals surface area contributed by atoms with Crippen LogP contribution in [0.2, 0.25) is 0 Å². The minimum atomic E-state index is -0.596. The van der Waals surface area contributed by atoms with Crippen LogP contribution in [0.25, 0.3) is 66.8 Å². The fourth-order valence-electron chi connectivity index (χ4n) is 15.9. The van der Waals surface area contributed by atoms with Crippen LogP contribution in [0.15, 0.2) is 303 Å². The quantitative estimate of drug-likeness (QED) is 0.147. The van der Waals surface area contributed by atoms with Gasteiger partial charge in [0.2, 0.25) is 0 Å². The molecule has 0 amide bonds. The summed E-state index contributed by atoms with van der Waals surface area (Å²) in [5.74, 6) is 0. The molecule has 0 fully saturated rings. The largest absolute Gasteiger partial charge is 0.376 e. The molecule has 0 radical (unpaired) electrons. The van der Waals surface area contributed by atoms with Gasteiger partial charge < -0.3 is 14.6 Å². The van der Waals surface area contributed by atoms with Crippen molar-refractivity contribution in [1.82, 2.24) is 0 Å². The second-order valence-corrected chi connectivity index (χ2v) is 24.3. The molecule has 0 saturated heterocycles. The Labute approximate surface area is 503 Å². The predicted molar refractivity (Wildman–Crippen MR) is 360 cm³/mol. The highest BCUT2D eigenvalue weighted by atomic mass is 15.2. The highest BCUT2D eigenvalue weighted by molar-refractivity contribution is 6.93. The Balaban J connectivity index is 0.968. The third-order valence-electron chi connectivity index (χ3n) is 19.6. The van der Waals surface area contributed by atoms with Crippen LogP contribution in [0, 0.1) is 0 Å². The van der Waals surface area contributed by atoms with Crippen molar-refractivity contribution in [3.8, 4) is 66.8 Å². The van der Waals surface area contributed by atoms with E-state index in [1.54, 1.807) is 0 Å². The lowest BCUT2D eigenvalue weighted by molar-refractivity contribution is 0.660. The summed E-state index contributed by atoms with van der Waals surface area (Å²) in [6.45, 7) is 4.61. The summed E-state index contributed by atoms with van der Waals surface area (Å²) in [5, 5.41) is 0. The van der Waals surface area contributed by atoms with Crippen molar-refractivity contribution in [2.24, 2.45) is 0 Å². The second-order valence-electron chi connectivity index (χ2n) is 24.3. The summed E-state index contributed by atoms with van der Waals surface area (Å²) in [4.78, 5) is 7.90. The van der Waals surface area contributed by atoms with Gasteiger partial charge in [-0.15, -0.1) is 0 Å². The fourth-order valence-corrected chi connectivity index (χ4v) is 15.9. The van der Waals surface area contributed by atoms with Gasteiger partial charge in [-0.2, -0.15) is 0 Å². The molecule has 402 valence electrons. The number of hydrogen-bond donors (Lipinski definition) is 0. The normalized spacial score (nSPS) is 14.3. The molecular formula is C82H56BN3. The molecule has 0 saturated carbocycles. The third kappa shape index (κ3) is 6.75. The minimum absolute atomic E-state index is 0.226. The monoisotopic (exact) mass is 1090 g/mol. The van der Waals surface area contributed by atoms with Crippen LogP contribution in [-0.4, -0.2) is 6.85 Å². The Morgan fingerprint density at radius 3 is 1.37 bits per heavy atom. The first-order valence-corrected chi connectivity index (χ1v) is 30.2. The zero-order valence-electron chi connectivity index (χ0n) is 47.8. The Hall–Kier alpha value is -10.7. The maximum atomic E-state index is 2.71. The number of anilines is 8. The van der Waals surface area contributed by atoms with E-state index < -0.39 is 5.41 Å². The molecule has 18 rings (SSSR count). The van der Waals surface area contributed by atoms with Gasteiger partial charge >= 0.3 is 6.85 Å². The van der Waals surface area contributed by atoms with Crippen LogP contribution in [0.3, 0.4) is 0 Å². The average Bonchev–Trinajstić information content (AvgIpc) is 1.19. The van der Waals surface area contributed by atoms with Crippen molar-refractivity contribution >= 4 is 63.3 Å². The van der Waals surface area contributed by atoms with E-state index in [1.165, 1.54) is 134 Å². The van der Waals surface area contributed by atoms with Crippen LogP contribution >= 0.6 is 0 Å². The molecule has 0 unspecified atom stereocenters. The van der Waals surface area contributed by atoms with Gasteiger partial charge in [-0.3, -0.25) is 0 Å². The first-order chi connectivity index (χ1) is 42.4. The summed E-state index contributed by atoms with van der Waals surface area (Å²) in [5.41, 5.74) is 33.7. The highest BCUT2D eigenvalue weighted by Gasteiger charge is 2.56. The fraction of sp³-hybridized carbons (Fsp3) is 0.0488. The SMILES string of the molecule is CC1(C)c2ccccc2-c2c1ccc1c2-c2cc(N(c3ccc(-c4ccccc4)cc3)c3ccc(-c4ccccc4)cc3)cc3c2B(c2cccc4c2N3c2ccccc2C42c3ccccc3-c3ccccc32)N1c1ccc(-c2ccccc2)cc1. The molecular weight excluding hydrogens is 1040 g/mol. The van der Waals surface area contributed by atoms with Crippen LogP contribution in [-0.2, 0) is 10.8 Å². The molecule has 0 N–H and O–H groups in total. The van der Waals surface area contributed by atoms with E-state index in [-0.39, 0.29) is 12.3 Å². The molecule has 4 heteroatoms. The van der Waals surface area contributed by atoms with Crippen LogP contribution < -0.4 is 25.5 Å². The van der Waals surface area contributed by atoms with Crippen molar-refractivity contribution < 1.29 is 0 Å². The molecule has 86 heavy (non-hydrogen) atoms. The Bertz CT molecular complexity index is 4770. The smallest absolute Gasteiger partial charge is 0.333 e. The molecule has 0 atom stereocenters. The lowest BCUT2D eigenvalue weighted by Gasteiger charge is -2.52. The van der Waals surface area contributed by atoms with Crippen LogP contribution in [0.1, 0.15) is 47.2 Å². The highest BCUT2D eigenvalue weighted by Crippen LogP contribution is 2.65. The van der Waals surface area contributed by atoms with E-state index in [9.17, 15) is 0 Å². The van der Waals surface area contributed by atoms with Gasteiger partial charge in [0.05, 0.1) is 11.1 Å². The summed E-state index contributed by atoms with van der Waals surface area (Å²) in [7, 11) is 0. The number of nitrogens with zero attached hydrogens (tertiary/aromatic N) is 3. The Morgan fingerprint density at radius 1 is 0.314 bits per heavy atom. The van der Waals surface area contributed by atoms with Crippen molar-refractivity contribution in [2.45, 2.75) is 24.7 Å². The molecule has 3 heterocycles. The molecule has 5 aliphatic rings. The van der Waals surface area contributed by atoms with E-state index in [4.69, 9.17) is 0 Å². The lowest BCUT2D eigenvalue weighted by atomic mass is 9.42. The standard InChI is InChI=1S/C82H56BN3/c1-81(2)67-30-15-14-29-65(67)77-71(81)49-50-75-78(77)66-51-62(84(59-43-37-56(38-44-59)53-21-6-3-7-22-53)60-45-39-57(40-46-60)54-23-8-4-9-24-54)52-76-79(66)83(86(75)61-47-41-58(42-48-61)55-25-10-5-11-26-55)73-35-20-34-72-80(73)85(76)74-36-19-18-33-70(74)82(72)68-31-16-12-27-63(68)64-28-13-17-32-69(64)82/h3-52H,1-2H3. The Kier molecular flexibility index (Phi) is 10.5. The molecule has 1 spiro atoms. The average molecular weight is 1090 g/mol. The third-order valence-corrected chi connectivity index (χ3v) is 19.6. The first kappa shape index (κ1) is 48.8. The number of benzene rings is 13. The summed E-state index contributed by atoms with van der Waals surface area (Å²) >= 11 is 0. The topological polar surface area (TPSA) is 9.72 Å². The van der Waals surface area contributed by atoms with Crippen molar-refractivity contribution in [3.63, 3.8) is 0 Å². The van der Waals surface area contributed by atoms with Gasteiger partial charge in [-0.1, -0.05) is 257 Å². The van der Waals surface area contributed by atoms with Gasteiger partial charge in [0, 0.05) is 50.8 Å². The minimum Gasteiger partial charge on any atom is -0.376 e. The molecule has 0 bridgehead atoms. The zero-order chi connectivity index (χ0) is 56.8. The van der Waals surface area contributed by atoms with E-state index in [2.05, 4.69) is 332 Å². The van der Waals surface area contributed by atoms with Crippen molar-refractivity contribution in [1.29, 1.82) is 0 Å². The molecule has 3 nitrogen and oxygen atoms in total. The van der Waals surface area contributed by atoms with Gasteiger partial charge in [-0.05, 0) is 166 Å². The number of hydrogen-bond acceptors (Lipinski definition) is 3. The van der Waals surface area contributed by atoms with Crippen LogP contribution in [0.5, 0.6) is 0 Å². The van der Waals surface area contributed by atoms with E-state index in [1.807, 2.05) is 0 Å².